The molecular formula is C21H17F2N5. The van der Waals surface area contributed by atoms with Gasteiger partial charge in [-0.05, 0) is 37.6 Å². The van der Waals surface area contributed by atoms with Crippen LogP contribution in [0, 0.1) is 57.0 Å². The number of rotatable bonds is 1. The van der Waals surface area contributed by atoms with E-state index in [1.807, 2.05) is 31.3 Å². The summed E-state index contributed by atoms with van der Waals surface area (Å²) in [6, 6.07) is 9.29. The number of halogens is 2. The lowest BCUT2D eigenvalue weighted by Crippen LogP contribution is -2.51. The zero-order valence-electron chi connectivity index (χ0n) is 15.2. The molecular weight excluding hydrogens is 360 g/mol. The lowest BCUT2D eigenvalue weighted by atomic mass is 9.56. The first-order valence-electron chi connectivity index (χ1n) is 9.02. The number of allylic oxidation sites excluding steroid dienone is 2. The Morgan fingerprint density at radius 2 is 1.79 bits per heavy atom. The minimum absolute atomic E-state index is 0.0890. The number of benzene rings is 1. The van der Waals surface area contributed by atoms with Crippen LogP contribution in [0.15, 0.2) is 41.1 Å². The van der Waals surface area contributed by atoms with Crippen LogP contribution in [0.4, 0.5) is 8.78 Å². The molecule has 0 spiro atoms. The molecule has 1 fully saturated rings. The lowest BCUT2D eigenvalue weighted by molar-refractivity contribution is 0.157. The number of hydrogen-bond donors (Lipinski definition) is 1. The van der Waals surface area contributed by atoms with Gasteiger partial charge in [-0.2, -0.15) is 15.8 Å². The van der Waals surface area contributed by atoms with Gasteiger partial charge in [-0.1, -0.05) is 12.1 Å². The van der Waals surface area contributed by atoms with Gasteiger partial charge in [0.1, 0.15) is 17.7 Å². The molecule has 2 aliphatic heterocycles. The topological polar surface area (TPSA) is 101 Å². The van der Waals surface area contributed by atoms with Crippen LogP contribution < -0.4 is 5.73 Å². The number of fused-ring (bicyclic) bond motifs is 4. The monoisotopic (exact) mass is 377 g/mol. The lowest BCUT2D eigenvalue weighted by Gasteiger charge is -2.48. The largest absolute Gasteiger partial charge is 0.399 e. The molecule has 140 valence electrons. The van der Waals surface area contributed by atoms with Crippen molar-refractivity contribution in [3.63, 3.8) is 0 Å². The van der Waals surface area contributed by atoms with Gasteiger partial charge in [0.15, 0.2) is 5.41 Å². The number of nitriles is 3. The van der Waals surface area contributed by atoms with E-state index in [4.69, 9.17) is 5.73 Å². The normalized spacial score (nSPS) is 30.6. The molecule has 3 aliphatic rings. The van der Waals surface area contributed by atoms with Crippen molar-refractivity contribution < 1.29 is 8.78 Å². The summed E-state index contributed by atoms with van der Waals surface area (Å²) in [5.41, 5.74) is 4.29. The summed E-state index contributed by atoms with van der Waals surface area (Å²) < 4.78 is 29.7. The summed E-state index contributed by atoms with van der Waals surface area (Å²) in [4.78, 5) is 2.09. The molecule has 0 saturated carbocycles. The Balaban J connectivity index is 2.11. The van der Waals surface area contributed by atoms with E-state index in [9.17, 15) is 24.6 Å². The van der Waals surface area contributed by atoms with Crippen molar-refractivity contribution in [1.29, 1.82) is 15.8 Å². The van der Waals surface area contributed by atoms with Crippen LogP contribution in [-0.2, 0) is 0 Å². The van der Waals surface area contributed by atoms with Crippen LogP contribution in [0.3, 0.4) is 0 Å². The van der Waals surface area contributed by atoms with Crippen LogP contribution in [0.5, 0.6) is 0 Å². The van der Waals surface area contributed by atoms with Crippen molar-refractivity contribution in [2.45, 2.75) is 30.8 Å². The number of hydrogen-bond acceptors (Lipinski definition) is 5. The van der Waals surface area contributed by atoms with Gasteiger partial charge in [0, 0.05) is 29.5 Å². The van der Waals surface area contributed by atoms with Gasteiger partial charge < -0.3 is 5.73 Å². The summed E-state index contributed by atoms with van der Waals surface area (Å²) in [6.07, 6.45) is 3.48. The summed E-state index contributed by atoms with van der Waals surface area (Å²) >= 11 is 0. The highest BCUT2D eigenvalue weighted by Crippen LogP contribution is 2.58. The predicted molar refractivity (Wildman–Crippen MR) is 95.7 cm³/mol. The molecule has 1 aromatic carbocycles. The Hall–Kier alpha value is -3.21. The molecule has 7 heteroatoms. The third kappa shape index (κ3) is 2.10. The zero-order chi connectivity index (χ0) is 20.2. The molecule has 0 radical (unpaired) electrons. The Morgan fingerprint density at radius 3 is 2.36 bits per heavy atom. The second kappa shape index (κ2) is 6.16. The van der Waals surface area contributed by atoms with Gasteiger partial charge >= 0.3 is 0 Å². The van der Waals surface area contributed by atoms with Crippen molar-refractivity contribution in [2.24, 2.45) is 17.1 Å². The zero-order valence-corrected chi connectivity index (χ0v) is 15.2. The van der Waals surface area contributed by atoms with E-state index < -0.39 is 28.9 Å². The molecule has 2 heterocycles. The molecule has 0 amide bonds. The average Bonchev–Trinajstić information content (AvgIpc) is 2.91. The Labute approximate surface area is 161 Å². The number of likely N-dealkylation sites (N-methyl/N-ethyl adjacent to an activating group) is 1. The highest BCUT2D eigenvalue weighted by molar-refractivity contribution is 5.60. The van der Waals surface area contributed by atoms with Crippen molar-refractivity contribution in [3.8, 4) is 18.2 Å². The number of nitrogens with zero attached hydrogens (tertiary/aromatic N) is 4. The van der Waals surface area contributed by atoms with Gasteiger partial charge in [-0.25, -0.2) is 8.78 Å². The fourth-order valence-electron chi connectivity index (χ4n) is 5.21. The van der Waals surface area contributed by atoms with E-state index in [0.717, 1.165) is 25.0 Å². The average molecular weight is 377 g/mol. The highest BCUT2D eigenvalue weighted by atomic mass is 19.1. The third-order valence-electron chi connectivity index (χ3n) is 6.53. The van der Waals surface area contributed by atoms with E-state index in [2.05, 4.69) is 4.90 Å². The molecule has 0 aromatic heterocycles. The minimum atomic E-state index is -2.04. The summed E-state index contributed by atoms with van der Waals surface area (Å²) in [5, 5.41) is 29.7. The molecule has 0 unspecified atom stereocenters. The fourth-order valence-corrected chi connectivity index (χ4v) is 5.21. The van der Waals surface area contributed by atoms with Crippen molar-refractivity contribution >= 4 is 0 Å². The maximum atomic E-state index is 14.8. The third-order valence-corrected chi connectivity index (χ3v) is 6.53. The first-order chi connectivity index (χ1) is 13.4. The molecule has 2 bridgehead atoms. The van der Waals surface area contributed by atoms with Crippen LogP contribution >= 0.6 is 0 Å². The van der Waals surface area contributed by atoms with E-state index >= 15 is 0 Å². The maximum absolute atomic E-state index is 14.8. The Kier molecular flexibility index (Phi) is 4.00. The van der Waals surface area contributed by atoms with Crippen LogP contribution in [0.25, 0.3) is 0 Å². The van der Waals surface area contributed by atoms with E-state index in [0.29, 0.717) is 5.57 Å². The van der Waals surface area contributed by atoms with Gasteiger partial charge in [-0.3, -0.25) is 4.90 Å². The first-order valence-corrected chi connectivity index (χ1v) is 9.02. The first kappa shape index (κ1) is 18.2. The molecule has 5 nitrogen and oxygen atoms in total. The molecule has 1 saturated heterocycles. The van der Waals surface area contributed by atoms with E-state index in [1.54, 1.807) is 0 Å². The van der Waals surface area contributed by atoms with E-state index in [-0.39, 0.29) is 28.9 Å². The summed E-state index contributed by atoms with van der Waals surface area (Å²) in [5.74, 6) is -3.39. The second-order valence-electron chi connectivity index (χ2n) is 7.57. The maximum Gasteiger partial charge on any atom is 0.191 e. The van der Waals surface area contributed by atoms with Crippen LogP contribution in [-0.4, -0.2) is 24.0 Å². The molecule has 4 atom stereocenters. The minimum Gasteiger partial charge on any atom is -0.399 e. The van der Waals surface area contributed by atoms with E-state index in [1.165, 1.54) is 6.07 Å². The van der Waals surface area contributed by atoms with Crippen molar-refractivity contribution in [1.82, 2.24) is 4.90 Å². The molecule has 28 heavy (non-hydrogen) atoms. The SMILES string of the molecule is CN1[C@@H]2C=C3C(C#N)=C(N)C(C#N)(C#N)[C@H](c4c(F)cccc4F)[C@H]3[C@@H]1CC2. The molecule has 4 rings (SSSR count). The number of nitrogens with two attached hydrogens (primary N) is 1. The fraction of sp³-hybridized carbons (Fsp3) is 0.381. The molecule has 1 aliphatic carbocycles. The van der Waals surface area contributed by atoms with Crippen molar-refractivity contribution in [3.05, 3.63) is 58.3 Å². The second-order valence-corrected chi connectivity index (χ2v) is 7.57. The van der Waals surface area contributed by atoms with Gasteiger partial charge in [0.2, 0.25) is 0 Å². The summed E-state index contributed by atoms with van der Waals surface area (Å²) in [6.45, 7) is 0. The quantitative estimate of drug-likeness (QED) is 0.811. The Morgan fingerprint density at radius 1 is 1.14 bits per heavy atom. The van der Waals surface area contributed by atoms with Crippen molar-refractivity contribution in [2.75, 3.05) is 7.05 Å². The standard InChI is InChI=1S/C21H17F2N5/c1-28-11-5-6-16(28)17-12(7-11)13(8-24)20(27)21(9-25,10-26)19(17)18-14(22)3-2-4-15(18)23/h2-4,7,11,16-17,19H,5-6,27H2,1H3/t11-,16-,17+,19-/m0/s1. The molecule has 1 aromatic rings. The van der Waals surface area contributed by atoms with Gasteiger partial charge in [0.25, 0.3) is 0 Å². The van der Waals surface area contributed by atoms with Gasteiger partial charge in [-0.15, -0.1) is 0 Å². The molecule has 2 N–H and O–H groups in total. The van der Waals surface area contributed by atoms with Crippen LogP contribution in [0.1, 0.15) is 24.3 Å². The Bertz CT molecular complexity index is 1020. The smallest absolute Gasteiger partial charge is 0.191 e. The highest BCUT2D eigenvalue weighted by Gasteiger charge is 2.59. The predicted octanol–water partition coefficient (Wildman–Crippen LogP) is 2.85. The van der Waals surface area contributed by atoms with Gasteiger partial charge in [0.05, 0.1) is 23.4 Å². The summed E-state index contributed by atoms with van der Waals surface area (Å²) in [7, 11) is 1.92. The van der Waals surface area contributed by atoms with Crippen LogP contribution in [0.2, 0.25) is 0 Å².